The van der Waals surface area contributed by atoms with Gasteiger partial charge in [0, 0.05) is 12.6 Å². The Labute approximate surface area is 119 Å². The van der Waals surface area contributed by atoms with Crippen LogP contribution in [0.3, 0.4) is 0 Å². The Bertz CT molecular complexity index is 827. The number of hydrogen-bond donors (Lipinski definition) is 2. The normalized spacial score (nSPS) is 11.2. The first-order valence-electron chi connectivity index (χ1n) is 5.92. The zero-order chi connectivity index (χ0) is 14.4. The highest BCUT2D eigenvalue weighted by Gasteiger charge is 2.14. The minimum atomic E-state index is 0.0301. The first kappa shape index (κ1) is 12.7. The summed E-state index contributed by atoms with van der Waals surface area (Å²) >= 11 is 5.95. The van der Waals surface area contributed by atoms with E-state index >= 15 is 0 Å². The number of aromatic nitrogens is 4. The van der Waals surface area contributed by atoms with Crippen LogP contribution >= 0.6 is 11.6 Å². The second-order valence-electron chi connectivity index (χ2n) is 4.56. The summed E-state index contributed by atoms with van der Waals surface area (Å²) < 4.78 is 1.63. The van der Waals surface area contributed by atoms with E-state index in [4.69, 9.17) is 17.3 Å². The first-order chi connectivity index (χ1) is 9.47. The molecule has 0 bridgehead atoms. The third-order valence-corrected chi connectivity index (χ3v) is 3.46. The number of benzene rings is 1. The van der Waals surface area contributed by atoms with E-state index < -0.39 is 0 Å². The van der Waals surface area contributed by atoms with E-state index in [0.717, 1.165) is 11.1 Å². The van der Waals surface area contributed by atoms with Crippen molar-refractivity contribution >= 4 is 28.5 Å². The van der Waals surface area contributed by atoms with Gasteiger partial charge in [0.15, 0.2) is 11.5 Å². The maximum absolute atomic E-state index is 9.60. The number of phenolic OH excluding ortho intramolecular Hbond substituents is 1. The van der Waals surface area contributed by atoms with Crippen molar-refractivity contribution < 1.29 is 5.11 Å². The van der Waals surface area contributed by atoms with Crippen molar-refractivity contribution in [2.75, 3.05) is 5.73 Å². The molecule has 0 saturated heterocycles. The van der Waals surface area contributed by atoms with Gasteiger partial charge in [-0.15, -0.1) is 0 Å². The van der Waals surface area contributed by atoms with Crippen LogP contribution < -0.4 is 5.73 Å². The molecular weight excluding hydrogens is 278 g/mol. The second-order valence-corrected chi connectivity index (χ2v) is 4.96. The van der Waals surface area contributed by atoms with Gasteiger partial charge >= 0.3 is 0 Å². The molecule has 2 heterocycles. The van der Waals surface area contributed by atoms with E-state index in [1.807, 2.05) is 6.92 Å². The number of fused-ring (bicyclic) bond motifs is 1. The van der Waals surface area contributed by atoms with Crippen LogP contribution in [0.2, 0.25) is 5.02 Å². The molecule has 0 saturated carbocycles. The summed E-state index contributed by atoms with van der Waals surface area (Å²) in [4.78, 5) is 8.76. The number of aryl methyl sites for hydroxylation is 2. The smallest absolute Gasteiger partial charge is 0.164 e. The number of rotatable bonds is 1. The Kier molecular flexibility index (Phi) is 2.76. The highest BCUT2D eigenvalue weighted by molar-refractivity contribution is 6.32. The van der Waals surface area contributed by atoms with Crippen LogP contribution in [0.5, 0.6) is 5.75 Å². The summed E-state index contributed by atoms with van der Waals surface area (Å²) in [5.41, 5.74) is 8.13. The van der Waals surface area contributed by atoms with Crippen LogP contribution in [-0.2, 0) is 7.05 Å². The number of anilines is 1. The molecule has 0 fully saturated rings. The first-order valence-corrected chi connectivity index (χ1v) is 6.30. The van der Waals surface area contributed by atoms with E-state index in [2.05, 4.69) is 15.1 Å². The maximum Gasteiger partial charge on any atom is 0.164 e. The zero-order valence-corrected chi connectivity index (χ0v) is 11.7. The van der Waals surface area contributed by atoms with E-state index in [-0.39, 0.29) is 10.8 Å². The van der Waals surface area contributed by atoms with Crippen LogP contribution in [0.15, 0.2) is 18.3 Å². The topological polar surface area (TPSA) is 89.9 Å². The molecule has 7 heteroatoms. The second kappa shape index (κ2) is 4.35. The zero-order valence-electron chi connectivity index (χ0n) is 10.9. The van der Waals surface area contributed by atoms with Crippen molar-refractivity contribution in [3.05, 3.63) is 28.9 Å². The number of nitrogen functional groups attached to an aromatic ring is 1. The summed E-state index contributed by atoms with van der Waals surface area (Å²) in [6, 6.07) is 3.20. The molecule has 0 spiro atoms. The van der Waals surface area contributed by atoms with E-state index in [0.29, 0.717) is 22.7 Å². The van der Waals surface area contributed by atoms with Gasteiger partial charge in [0.1, 0.15) is 11.6 Å². The summed E-state index contributed by atoms with van der Waals surface area (Å²) in [7, 11) is 1.79. The molecule has 3 aromatic rings. The molecule has 0 aliphatic rings. The lowest BCUT2D eigenvalue weighted by Gasteiger charge is -2.08. The van der Waals surface area contributed by atoms with Gasteiger partial charge in [-0.05, 0) is 24.6 Å². The van der Waals surface area contributed by atoms with Crippen molar-refractivity contribution in [3.8, 4) is 17.1 Å². The Balaban J connectivity index is 2.29. The molecule has 20 heavy (non-hydrogen) atoms. The van der Waals surface area contributed by atoms with Crippen molar-refractivity contribution in [2.24, 2.45) is 7.05 Å². The van der Waals surface area contributed by atoms with Crippen molar-refractivity contribution in [1.29, 1.82) is 0 Å². The van der Waals surface area contributed by atoms with Crippen LogP contribution in [-0.4, -0.2) is 24.9 Å². The lowest BCUT2D eigenvalue weighted by molar-refractivity contribution is 0.475. The van der Waals surface area contributed by atoms with Crippen LogP contribution in [0, 0.1) is 6.92 Å². The van der Waals surface area contributed by atoms with Gasteiger partial charge in [-0.3, -0.25) is 4.68 Å². The molecule has 0 unspecified atom stereocenters. The number of phenols is 1. The molecule has 0 aliphatic carbocycles. The molecule has 0 atom stereocenters. The predicted molar refractivity (Wildman–Crippen MR) is 77.6 cm³/mol. The molecule has 102 valence electrons. The minimum absolute atomic E-state index is 0.0301. The summed E-state index contributed by atoms with van der Waals surface area (Å²) in [5.74, 6) is 0.849. The average Bonchev–Trinajstić information content (AvgIpc) is 2.76. The summed E-state index contributed by atoms with van der Waals surface area (Å²) in [6.45, 7) is 1.85. The van der Waals surface area contributed by atoms with E-state index in [1.165, 1.54) is 0 Å². The van der Waals surface area contributed by atoms with Gasteiger partial charge < -0.3 is 10.8 Å². The SMILES string of the molecule is Cc1cc(O)c(Cl)cc1-c1nc(N)c2cnn(C)c2n1. The highest BCUT2D eigenvalue weighted by atomic mass is 35.5. The molecule has 0 amide bonds. The largest absolute Gasteiger partial charge is 0.506 e. The van der Waals surface area contributed by atoms with Crippen molar-refractivity contribution in [1.82, 2.24) is 19.7 Å². The maximum atomic E-state index is 9.60. The molecule has 1 aromatic carbocycles. The number of hydrogen-bond acceptors (Lipinski definition) is 5. The van der Waals surface area contributed by atoms with Gasteiger partial charge in [-0.1, -0.05) is 11.6 Å². The lowest BCUT2D eigenvalue weighted by atomic mass is 10.1. The molecule has 0 radical (unpaired) electrons. The summed E-state index contributed by atoms with van der Waals surface area (Å²) in [5, 5.41) is 14.7. The third kappa shape index (κ3) is 1.85. The van der Waals surface area contributed by atoms with Crippen LogP contribution in [0.1, 0.15) is 5.56 Å². The number of halogens is 1. The number of aromatic hydroxyl groups is 1. The van der Waals surface area contributed by atoms with Crippen LogP contribution in [0.4, 0.5) is 5.82 Å². The standard InChI is InChI=1S/C13H12ClN5O/c1-6-3-10(20)9(14)4-7(6)12-17-11(15)8-5-16-19(2)13(8)18-12/h3-5,20H,1-2H3,(H2,15,17,18). The quantitative estimate of drug-likeness (QED) is 0.717. The van der Waals surface area contributed by atoms with Crippen LogP contribution in [0.25, 0.3) is 22.4 Å². The van der Waals surface area contributed by atoms with Gasteiger partial charge in [0.05, 0.1) is 16.6 Å². The number of nitrogens with two attached hydrogens (primary N) is 1. The van der Waals surface area contributed by atoms with Gasteiger partial charge in [0.2, 0.25) is 0 Å². The molecule has 3 N–H and O–H groups in total. The van der Waals surface area contributed by atoms with Gasteiger partial charge in [-0.25, -0.2) is 9.97 Å². The van der Waals surface area contributed by atoms with Gasteiger partial charge in [0.25, 0.3) is 0 Å². The Hall–Kier alpha value is -2.34. The third-order valence-electron chi connectivity index (χ3n) is 3.16. The van der Waals surface area contributed by atoms with E-state index in [9.17, 15) is 5.11 Å². The fourth-order valence-electron chi connectivity index (χ4n) is 2.07. The monoisotopic (exact) mass is 289 g/mol. The van der Waals surface area contributed by atoms with Crippen molar-refractivity contribution in [3.63, 3.8) is 0 Å². The lowest BCUT2D eigenvalue weighted by Crippen LogP contribution is -2.00. The Morgan fingerprint density at radius 3 is 2.80 bits per heavy atom. The highest BCUT2D eigenvalue weighted by Crippen LogP contribution is 2.32. The molecule has 3 rings (SSSR count). The number of nitrogens with zero attached hydrogens (tertiary/aromatic N) is 4. The summed E-state index contributed by atoms with van der Waals surface area (Å²) in [6.07, 6.45) is 1.63. The molecular formula is C13H12ClN5O. The Morgan fingerprint density at radius 1 is 1.30 bits per heavy atom. The van der Waals surface area contributed by atoms with Crippen molar-refractivity contribution in [2.45, 2.75) is 6.92 Å². The molecule has 0 aliphatic heterocycles. The molecule has 2 aromatic heterocycles. The predicted octanol–water partition coefficient (Wildman–Crippen LogP) is 2.28. The Morgan fingerprint density at radius 2 is 2.05 bits per heavy atom. The molecule has 6 nitrogen and oxygen atoms in total. The minimum Gasteiger partial charge on any atom is -0.506 e. The fraction of sp³-hybridized carbons (Fsp3) is 0.154. The average molecular weight is 290 g/mol. The van der Waals surface area contributed by atoms with Gasteiger partial charge in [-0.2, -0.15) is 5.10 Å². The van der Waals surface area contributed by atoms with E-state index in [1.54, 1.807) is 30.1 Å². The fourth-order valence-corrected chi connectivity index (χ4v) is 2.24.